The second-order valence-electron chi connectivity index (χ2n) is 4.06. The van der Waals surface area contributed by atoms with Gasteiger partial charge in [-0.3, -0.25) is 4.40 Å². The average molecular weight is 223 g/mol. The fourth-order valence-corrected chi connectivity index (χ4v) is 2.09. The zero-order valence-corrected chi connectivity index (χ0v) is 9.59. The molecule has 0 aliphatic heterocycles. The molecule has 0 bridgehead atoms. The second-order valence-corrected chi connectivity index (χ2v) is 4.06. The first kappa shape index (κ1) is 9.90. The molecule has 2 N–H and O–H groups in total. The van der Waals surface area contributed by atoms with Crippen molar-refractivity contribution in [1.29, 1.82) is 0 Å². The number of aromatic nitrogens is 2. The van der Waals surface area contributed by atoms with Crippen molar-refractivity contribution in [3.63, 3.8) is 0 Å². The number of nitrogens with zero attached hydrogens (tertiary/aromatic N) is 2. The topological polar surface area (TPSA) is 43.3 Å². The van der Waals surface area contributed by atoms with Crippen molar-refractivity contribution in [2.24, 2.45) is 0 Å². The van der Waals surface area contributed by atoms with Gasteiger partial charge < -0.3 is 5.73 Å². The Bertz CT molecular complexity index is 669. The smallest absolute Gasteiger partial charge is 0.146 e. The highest BCUT2D eigenvalue weighted by atomic mass is 15.1. The molecular weight excluding hydrogens is 210 g/mol. The summed E-state index contributed by atoms with van der Waals surface area (Å²) in [7, 11) is 0. The van der Waals surface area contributed by atoms with Crippen LogP contribution < -0.4 is 5.73 Å². The van der Waals surface area contributed by atoms with Crippen LogP contribution in [0.3, 0.4) is 0 Å². The molecule has 0 spiro atoms. The van der Waals surface area contributed by atoms with Crippen LogP contribution in [0.15, 0.2) is 48.5 Å². The van der Waals surface area contributed by atoms with Crippen molar-refractivity contribution in [3.05, 3.63) is 54.2 Å². The van der Waals surface area contributed by atoms with Gasteiger partial charge in [0, 0.05) is 5.56 Å². The lowest BCUT2D eigenvalue weighted by atomic mass is 10.2. The van der Waals surface area contributed by atoms with Gasteiger partial charge in [0.05, 0.1) is 11.2 Å². The van der Waals surface area contributed by atoms with Crippen LogP contribution >= 0.6 is 0 Å². The Balaban J connectivity index is 2.38. The van der Waals surface area contributed by atoms with E-state index in [-0.39, 0.29) is 0 Å². The number of anilines is 1. The summed E-state index contributed by atoms with van der Waals surface area (Å²) >= 11 is 0. The lowest BCUT2D eigenvalue weighted by Gasteiger charge is -2.04. The standard InChI is InChI=1S/C14H13N3/c1-10-12-8-5-9-13(15)17(12)14(16-10)11-6-3-2-4-7-11/h2-9H,15H2,1H3. The molecule has 2 heterocycles. The van der Waals surface area contributed by atoms with Crippen molar-refractivity contribution in [3.8, 4) is 11.4 Å². The van der Waals surface area contributed by atoms with Crippen LogP contribution in [-0.2, 0) is 0 Å². The number of aryl methyl sites for hydroxylation is 1. The summed E-state index contributed by atoms with van der Waals surface area (Å²) in [4.78, 5) is 4.60. The number of hydrogen-bond donors (Lipinski definition) is 1. The summed E-state index contributed by atoms with van der Waals surface area (Å²) < 4.78 is 1.99. The molecule has 3 rings (SSSR count). The van der Waals surface area contributed by atoms with E-state index in [1.807, 2.05) is 59.9 Å². The van der Waals surface area contributed by atoms with E-state index in [1.165, 1.54) is 0 Å². The van der Waals surface area contributed by atoms with Crippen LogP contribution in [0.1, 0.15) is 5.69 Å². The first-order valence-electron chi connectivity index (χ1n) is 5.56. The molecule has 2 aromatic heterocycles. The van der Waals surface area contributed by atoms with Gasteiger partial charge in [0.1, 0.15) is 11.6 Å². The van der Waals surface area contributed by atoms with Crippen LogP contribution in [0.2, 0.25) is 0 Å². The SMILES string of the molecule is Cc1nc(-c2ccccc2)n2c(N)cccc12. The predicted octanol–water partition coefficient (Wildman–Crippen LogP) is 2.89. The highest BCUT2D eigenvalue weighted by Gasteiger charge is 2.10. The summed E-state index contributed by atoms with van der Waals surface area (Å²) in [6.07, 6.45) is 0. The molecular formula is C14H13N3. The van der Waals surface area contributed by atoms with Crippen LogP contribution in [-0.4, -0.2) is 9.38 Å². The Morgan fingerprint density at radius 2 is 1.76 bits per heavy atom. The predicted molar refractivity (Wildman–Crippen MR) is 69.8 cm³/mol. The normalized spacial score (nSPS) is 10.9. The van der Waals surface area contributed by atoms with E-state index in [9.17, 15) is 0 Å². The van der Waals surface area contributed by atoms with E-state index < -0.39 is 0 Å². The Kier molecular flexibility index (Phi) is 2.11. The minimum absolute atomic E-state index is 0.710. The monoisotopic (exact) mass is 223 g/mol. The minimum Gasteiger partial charge on any atom is -0.385 e. The summed E-state index contributed by atoms with van der Waals surface area (Å²) in [6.45, 7) is 2.00. The van der Waals surface area contributed by atoms with E-state index in [1.54, 1.807) is 0 Å². The molecule has 3 nitrogen and oxygen atoms in total. The van der Waals surface area contributed by atoms with Gasteiger partial charge in [0.25, 0.3) is 0 Å². The van der Waals surface area contributed by atoms with Gasteiger partial charge in [-0.1, -0.05) is 36.4 Å². The molecule has 0 radical (unpaired) electrons. The lowest BCUT2D eigenvalue weighted by molar-refractivity contribution is 1.17. The molecule has 0 saturated carbocycles. The first-order valence-corrected chi connectivity index (χ1v) is 5.56. The quantitative estimate of drug-likeness (QED) is 0.689. The molecule has 3 aromatic rings. The maximum Gasteiger partial charge on any atom is 0.146 e. The minimum atomic E-state index is 0.710. The number of hydrogen-bond acceptors (Lipinski definition) is 2. The first-order chi connectivity index (χ1) is 8.27. The van der Waals surface area contributed by atoms with Gasteiger partial charge in [0.15, 0.2) is 0 Å². The third-order valence-electron chi connectivity index (χ3n) is 2.91. The van der Waals surface area contributed by atoms with Crippen molar-refractivity contribution in [2.45, 2.75) is 6.92 Å². The van der Waals surface area contributed by atoms with Gasteiger partial charge in [-0.25, -0.2) is 4.98 Å². The maximum atomic E-state index is 6.03. The fraction of sp³-hybridized carbons (Fsp3) is 0.0714. The molecule has 3 heteroatoms. The number of imidazole rings is 1. The Labute approximate surface area is 99.5 Å². The van der Waals surface area contributed by atoms with Gasteiger partial charge in [-0.15, -0.1) is 0 Å². The van der Waals surface area contributed by atoms with E-state index in [0.29, 0.717) is 5.82 Å². The average Bonchev–Trinajstić information content (AvgIpc) is 2.70. The summed E-state index contributed by atoms with van der Waals surface area (Å²) in [5.41, 5.74) is 9.16. The molecule has 0 aliphatic rings. The van der Waals surface area contributed by atoms with Crippen LogP contribution in [0.25, 0.3) is 16.9 Å². The Hall–Kier alpha value is -2.29. The van der Waals surface area contributed by atoms with Crippen LogP contribution in [0.5, 0.6) is 0 Å². The summed E-state index contributed by atoms with van der Waals surface area (Å²) in [5.74, 6) is 1.61. The molecule has 0 unspecified atom stereocenters. The molecule has 0 atom stereocenters. The fourth-order valence-electron chi connectivity index (χ4n) is 2.09. The molecule has 0 saturated heterocycles. The van der Waals surface area contributed by atoms with E-state index in [2.05, 4.69) is 4.98 Å². The molecule has 0 aliphatic carbocycles. The van der Waals surface area contributed by atoms with Crippen LogP contribution in [0.4, 0.5) is 5.82 Å². The number of fused-ring (bicyclic) bond motifs is 1. The highest BCUT2D eigenvalue weighted by molar-refractivity contribution is 5.68. The molecule has 1 aromatic carbocycles. The van der Waals surface area contributed by atoms with Gasteiger partial charge >= 0.3 is 0 Å². The molecule has 0 fully saturated rings. The third kappa shape index (κ3) is 1.47. The maximum absolute atomic E-state index is 6.03. The summed E-state index contributed by atoms with van der Waals surface area (Å²) in [6, 6.07) is 16.0. The van der Waals surface area contributed by atoms with Crippen LogP contribution in [0, 0.1) is 6.92 Å². The number of nitrogens with two attached hydrogens (primary N) is 1. The van der Waals surface area contributed by atoms with E-state index in [4.69, 9.17) is 5.73 Å². The second kappa shape index (κ2) is 3.63. The largest absolute Gasteiger partial charge is 0.385 e. The summed E-state index contributed by atoms with van der Waals surface area (Å²) in [5, 5.41) is 0. The zero-order chi connectivity index (χ0) is 11.8. The lowest BCUT2D eigenvalue weighted by Crippen LogP contribution is -1.97. The molecule has 17 heavy (non-hydrogen) atoms. The third-order valence-corrected chi connectivity index (χ3v) is 2.91. The Morgan fingerprint density at radius 3 is 2.53 bits per heavy atom. The molecule has 84 valence electrons. The highest BCUT2D eigenvalue weighted by Crippen LogP contribution is 2.24. The van der Waals surface area contributed by atoms with Crippen molar-refractivity contribution in [2.75, 3.05) is 5.73 Å². The zero-order valence-electron chi connectivity index (χ0n) is 9.59. The van der Waals surface area contributed by atoms with Gasteiger partial charge in [-0.05, 0) is 19.1 Å². The molecule has 0 amide bonds. The van der Waals surface area contributed by atoms with E-state index in [0.717, 1.165) is 22.6 Å². The van der Waals surface area contributed by atoms with Gasteiger partial charge in [0.2, 0.25) is 0 Å². The van der Waals surface area contributed by atoms with E-state index >= 15 is 0 Å². The van der Waals surface area contributed by atoms with Crippen molar-refractivity contribution >= 4 is 11.3 Å². The van der Waals surface area contributed by atoms with Crippen molar-refractivity contribution in [1.82, 2.24) is 9.38 Å². The number of rotatable bonds is 1. The van der Waals surface area contributed by atoms with Crippen molar-refractivity contribution < 1.29 is 0 Å². The van der Waals surface area contributed by atoms with Gasteiger partial charge in [-0.2, -0.15) is 0 Å². The Morgan fingerprint density at radius 1 is 1.00 bits per heavy atom. The number of benzene rings is 1. The number of pyridine rings is 1. The number of nitrogen functional groups attached to an aromatic ring is 1.